The van der Waals surface area contributed by atoms with Gasteiger partial charge < -0.3 is 15.0 Å². The molecule has 1 aromatic heterocycles. The summed E-state index contributed by atoms with van der Waals surface area (Å²) in [5.74, 6) is 0.323. The van der Waals surface area contributed by atoms with Gasteiger partial charge in [0.15, 0.2) is 0 Å². The first kappa shape index (κ1) is 20.3. The topological polar surface area (TPSA) is 86.4 Å². The molecule has 0 radical (unpaired) electrons. The van der Waals surface area contributed by atoms with Crippen molar-refractivity contribution >= 4 is 17.7 Å². The highest BCUT2D eigenvalue weighted by Crippen LogP contribution is 2.31. The minimum absolute atomic E-state index is 0.00203. The van der Waals surface area contributed by atoms with Crippen LogP contribution in [0.4, 0.5) is 0 Å². The Morgan fingerprint density at radius 2 is 1.90 bits per heavy atom. The first-order valence-electron chi connectivity index (χ1n) is 10.4. The van der Waals surface area contributed by atoms with Crippen molar-refractivity contribution in [3.8, 4) is 0 Å². The molecule has 1 saturated heterocycles. The second kappa shape index (κ2) is 10.2. The Balaban J connectivity index is 1.20. The van der Waals surface area contributed by atoms with Gasteiger partial charge in [0.2, 0.25) is 11.1 Å². The first-order chi connectivity index (χ1) is 14.3. The summed E-state index contributed by atoms with van der Waals surface area (Å²) >= 11 is 1.41. The average Bonchev–Trinajstić information content (AvgIpc) is 3.44. The predicted octanol–water partition coefficient (Wildman–Crippen LogP) is 0.612. The molecule has 1 aromatic carbocycles. The number of hydrogen-bond donors (Lipinski definition) is 2. The van der Waals surface area contributed by atoms with Crippen LogP contribution in [0.5, 0.6) is 0 Å². The van der Waals surface area contributed by atoms with E-state index in [0.29, 0.717) is 18.3 Å². The van der Waals surface area contributed by atoms with Gasteiger partial charge in [-0.15, -0.1) is 5.10 Å². The monoisotopic (exact) mass is 417 g/mol. The number of hydrogen-bond acceptors (Lipinski definition) is 6. The van der Waals surface area contributed by atoms with Crippen molar-refractivity contribution in [3.05, 3.63) is 35.4 Å². The fourth-order valence-corrected chi connectivity index (χ4v) is 4.72. The number of morpholine rings is 1. The molecule has 9 heteroatoms. The highest BCUT2D eigenvalue weighted by molar-refractivity contribution is 7.99. The van der Waals surface area contributed by atoms with E-state index in [4.69, 9.17) is 4.74 Å². The molecule has 0 spiro atoms. The maximum atomic E-state index is 12.2. The third kappa shape index (κ3) is 5.77. The number of tetrazole rings is 1. The summed E-state index contributed by atoms with van der Waals surface area (Å²) in [7, 11) is 0. The lowest BCUT2D eigenvalue weighted by Gasteiger charge is -2.23. The lowest BCUT2D eigenvalue weighted by atomic mass is 10.1. The van der Waals surface area contributed by atoms with Gasteiger partial charge in [0.1, 0.15) is 19.6 Å². The fourth-order valence-electron chi connectivity index (χ4n) is 3.94. The smallest absolute Gasteiger partial charge is 0.230 e. The number of carbonyl (C=O) groups is 1. The maximum Gasteiger partial charge on any atom is 0.230 e. The molecule has 2 aromatic rings. The average molecular weight is 418 g/mol. The molecule has 1 amide bonds. The molecular weight excluding hydrogens is 388 g/mol. The van der Waals surface area contributed by atoms with Gasteiger partial charge in [-0.25, -0.2) is 4.68 Å². The van der Waals surface area contributed by atoms with Gasteiger partial charge in [0, 0.05) is 12.1 Å². The van der Waals surface area contributed by atoms with Crippen LogP contribution in [-0.2, 0) is 22.6 Å². The maximum absolute atomic E-state index is 12.2. The SMILES string of the molecule is O=C(CSc1nnnn1C1CCCC1)NCc1ccc(C[NH+]2CCOCC2)cc1. The normalized spacial score (nSPS) is 18.2. The van der Waals surface area contributed by atoms with E-state index in [1.165, 1.54) is 30.2 Å². The third-order valence-electron chi connectivity index (χ3n) is 5.63. The molecule has 156 valence electrons. The fraction of sp³-hybridized carbons (Fsp3) is 0.600. The second-order valence-electron chi connectivity index (χ2n) is 7.77. The van der Waals surface area contributed by atoms with E-state index < -0.39 is 0 Å². The summed E-state index contributed by atoms with van der Waals surface area (Å²) in [5.41, 5.74) is 2.44. The minimum Gasteiger partial charge on any atom is -0.370 e. The van der Waals surface area contributed by atoms with Crippen molar-refractivity contribution in [2.24, 2.45) is 0 Å². The standard InChI is InChI=1S/C20H28N6O2S/c27-19(15-29-20-22-23-24-26(20)18-3-1-2-4-18)21-13-16-5-7-17(8-6-16)14-25-9-11-28-12-10-25/h5-8,18H,1-4,9-15H2,(H,21,27)/p+1. The lowest BCUT2D eigenvalue weighted by molar-refractivity contribution is -0.921. The van der Waals surface area contributed by atoms with E-state index in [-0.39, 0.29) is 5.91 Å². The summed E-state index contributed by atoms with van der Waals surface area (Å²) in [6.07, 6.45) is 4.69. The Bertz CT molecular complexity index is 785. The number of ether oxygens (including phenoxy) is 1. The first-order valence-corrected chi connectivity index (χ1v) is 11.4. The molecule has 2 heterocycles. The number of rotatable bonds is 8. The van der Waals surface area contributed by atoms with Gasteiger partial charge in [0.25, 0.3) is 0 Å². The van der Waals surface area contributed by atoms with Gasteiger partial charge in [-0.2, -0.15) is 0 Å². The van der Waals surface area contributed by atoms with E-state index in [1.54, 1.807) is 4.90 Å². The van der Waals surface area contributed by atoms with Crippen molar-refractivity contribution in [3.63, 3.8) is 0 Å². The van der Waals surface area contributed by atoms with Crippen LogP contribution in [0.3, 0.4) is 0 Å². The summed E-state index contributed by atoms with van der Waals surface area (Å²) in [4.78, 5) is 13.8. The highest BCUT2D eigenvalue weighted by Gasteiger charge is 2.22. The van der Waals surface area contributed by atoms with E-state index in [9.17, 15) is 4.79 Å². The van der Waals surface area contributed by atoms with Crippen molar-refractivity contribution in [1.29, 1.82) is 0 Å². The molecule has 0 bridgehead atoms. The molecule has 1 saturated carbocycles. The molecule has 1 aliphatic heterocycles. The van der Waals surface area contributed by atoms with Crippen molar-refractivity contribution in [2.75, 3.05) is 32.1 Å². The quantitative estimate of drug-likeness (QED) is 0.612. The molecule has 29 heavy (non-hydrogen) atoms. The Hall–Kier alpha value is -1.97. The van der Waals surface area contributed by atoms with Crippen LogP contribution in [-0.4, -0.2) is 58.2 Å². The van der Waals surface area contributed by atoms with Crippen molar-refractivity contribution in [2.45, 2.75) is 50.0 Å². The highest BCUT2D eigenvalue weighted by atomic mass is 32.2. The second-order valence-corrected chi connectivity index (χ2v) is 8.71. The van der Waals surface area contributed by atoms with E-state index in [0.717, 1.165) is 56.4 Å². The molecule has 1 aliphatic carbocycles. The number of quaternary nitrogens is 1. The van der Waals surface area contributed by atoms with Crippen LogP contribution in [0.2, 0.25) is 0 Å². The van der Waals surface area contributed by atoms with Crippen LogP contribution in [0.15, 0.2) is 29.4 Å². The van der Waals surface area contributed by atoms with Crippen LogP contribution in [0.1, 0.15) is 42.9 Å². The zero-order valence-electron chi connectivity index (χ0n) is 16.7. The summed E-state index contributed by atoms with van der Waals surface area (Å²) in [6, 6.07) is 8.91. The number of benzene rings is 1. The molecule has 2 N–H and O–H groups in total. The number of thioether (sulfide) groups is 1. The van der Waals surface area contributed by atoms with E-state index in [2.05, 4.69) is 45.1 Å². The molecule has 2 fully saturated rings. The van der Waals surface area contributed by atoms with Crippen LogP contribution in [0, 0.1) is 0 Å². The Morgan fingerprint density at radius 3 is 2.66 bits per heavy atom. The van der Waals surface area contributed by atoms with Crippen LogP contribution in [0.25, 0.3) is 0 Å². The number of aromatic nitrogens is 4. The van der Waals surface area contributed by atoms with Gasteiger partial charge in [-0.1, -0.05) is 48.9 Å². The summed E-state index contributed by atoms with van der Waals surface area (Å²) in [6.45, 7) is 5.41. The van der Waals surface area contributed by atoms with Crippen LogP contribution >= 0.6 is 11.8 Å². The zero-order chi connectivity index (χ0) is 19.9. The molecule has 0 unspecified atom stereocenters. The molecule has 2 aliphatic rings. The molecular formula is C20H29N6O2S+. The van der Waals surface area contributed by atoms with E-state index in [1.807, 2.05) is 4.68 Å². The number of nitrogens with one attached hydrogen (secondary N) is 2. The van der Waals surface area contributed by atoms with Crippen LogP contribution < -0.4 is 10.2 Å². The van der Waals surface area contributed by atoms with E-state index >= 15 is 0 Å². The molecule has 4 rings (SSSR count). The molecule has 8 nitrogen and oxygen atoms in total. The van der Waals surface area contributed by atoms with Gasteiger partial charge in [-0.05, 0) is 28.8 Å². The Labute approximate surface area is 175 Å². The minimum atomic E-state index is -0.00203. The van der Waals surface area contributed by atoms with Gasteiger partial charge in [0.05, 0.1) is 25.0 Å². The van der Waals surface area contributed by atoms with Crippen molar-refractivity contribution in [1.82, 2.24) is 25.5 Å². The summed E-state index contributed by atoms with van der Waals surface area (Å²) < 4.78 is 7.30. The largest absolute Gasteiger partial charge is 0.370 e. The summed E-state index contributed by atoms with van der Waals surface area (Å²) in [5, 5.41) is 15.7. The Kier molecular flexibility index (Phi) is 7.13. The number of carbonyl (C=O) groups excluding carboxylic acids is 1. The van der Waals surface area contributed by atoms with Gasteiger partial charge >= 0.3 is 0 Å². The Morgan fingerprint density at radius 1 is 1.17 bits per heavy atom. The zero-order valence-corrected chi connectivity index (χ0v) is 17.5. The van der Waals surface area contributed by atoms with Gasteiger partial charge in [-0.3, -0.25) is 4.79 Å². The molecule has 0 atom stereocenters. The number of nitrogens with zero attached hydrogens (tertiary/aromatic N) is 4. The third-order valence-corrected chi connectivity index (χ3v) is 6.57. The predicted molar refractivity (Wildman–Crippen MR) is 110 cm³/mol. The number of amides is 1. The lowest BCUT2D eigenvalue weighted by Crippen LogP contribution is -3.12. The van der Waals surface area contributed by atoms with Crippen molar-refractivity contribution < 1.29 is 14.4 Å².